The molecule has 1 aromatic rings. The smallest absolute Gasteiger partial charge is 0.409 e. The maximum Gasteiger partial charge on any atom is 0.418 e. The number of halogens is 3. The van der Waals surface area contributed by atoms with Crippen LogP contribution in [-0.4, -0.2) is 17.0 Å². The number of carbonyl (C=O) groups excluding carboxylic acids is 1. The molecule has 1 rings (SSSR count). The monoisotopic (exact) mass is 261 g/mol. The standard InChI is InChI=1S/C10H10F3N3O2/c11-10(12,13)6-3-1-2-4-7(6)15-9(17)5-8(14)16-18/h1-4,18H,5H2,(H2,14,16)(H,15,17). The van der Waals surface area contributed by atoms with Crippen LogP contribution in [0.3, 0.4) is 0 Å². The van der Waals surface area contributed by atoms with Crippen LogP contribution in [0, 0.1) is 0 Å². The van der Waals surface area contributed by atoms with E-state index in [0.717, 1.165) is 12.1 Å². The molecular formula is C10H10F3N3O2. The minimum absolute atomic E-state index is 0.374. The first-order valence-electron chi connectivity index (χ1n) is 4.77. The Morgan fingerprint density at radius 2 is 2.00 bits per heavy atom. The Bertz CT molecular complexity index is 472. The second kappa shape index (κ2) is 5.39. The number of para-hydroxylation sites is 1. The van der Waals surface area contributed by atoms with E-state index in [1.54, 1.807) is 0 Å². The summed E-state index contributed by atoms with van der Waals surface area (Å²) in [6.07, 6.45) is -5.07. The summed E-state index contributed by atoms with van der Waals surface area (Å²) in [7, 11) is 0. The molecule has 98 valence electrons. The van der Waals surface area contributed by atoms with Gasteiger partial charge in [-0.3, -0.25) is 4.79 Å². The molecule has 0 saturated carbocycles. The fourth-order valence-corrected chi connectivity index (χ4v) is 1.23. The maximum absolute atomic E-state index is 12.6. The fourth-order valence-electron chi connectivity index (χ4n) is 1.23. The molecule has 0 bridgehead atoms. The summed E-state index contributed by atoms with van der Waals surface area (Å²) in [6.45, 7) is 0. The van der Waals surface area contributed by atoms with Gasteiger partial charge in [0.1, 0.15) is 5.84 Å². The minimum atomic E-state index is -4.57. The van der Waals surface area contributed by atoms with Gasteiger partial charge in [0.15, 0.2) is 0 Å². The van der Waals surface area contributed by atoms with Crippen LogP contribution < -0.4 is 11.1 Å². The number of anilines is 1. The third-order valence-electron chi connectivity index (χ3n) is 1.98. The molecule has 0 aliphatic heterocycles. The molecule has 0 unspecified atom stereocenters. The van der Waals surface area contributed by atoms with Gasteiger partial charge in [-0.1, -0.05) is 17.3 Å². The van der Waals surface area contributed by atoms with E-state index in [2.05, 4.69) is 10.5 Å². The molecule has 8 heteroatoms. The second-order valence-electron chi connectivity index (χ2n) is 3.36. The lowest BCUT2D eigenvalue weighted by molar-refractivity contribution is -0.137. The number of amides is 1. The molecule has 0 spiro atoms. The minimum Gasteiger partial charge on any atom is -0.409 e. The van der Waals surface area contributed by atoms with E-state index in [1.807, 2.05) is 0 Å². The maximum atomic E-state index is 12.6. The topological polar surface area (TPSA) is 87.7 Å². The first-order valence-corrected chi connectivity index (χ1v) is 4.77. The first kappa shape index (κ1) is 13.8. The lowest BCUT2D eigenvalue weighted by Crippen LogP contribution is -2.23. The second-order valence-corrected chi connectivity index (χ2v) is 3.36. The molecule has 0 atom stereocenters. The van der Waals surface area contributed by atoms with E-state index in [4.69, 9.17) is 10.9 Å². The highest BCUT2D eigenvalue weighted by Crippen LogP contribution is 2.34. The molecular weight excluding hydrogens is 251 g/mol. The Balaban J connectivity index is 2.89. The zero-order valence-electron chi connectivity index (χ0n) is 9.03. The van der Waals surface area contributed by atoms with Gasteiger partial charge in [-0.25, -0.2) is 0 Å². The highest BCUT2D eigenvalue weighted by Gasteiger charge is 2.33. The van der Waals surface area contributed by atoms with Crippen LogP contribution in [0.2, 0.25) is 0 Å². The number of oxime groups is 1. The van der Waals surface area contributed by atoms with Gasteiger partial charge in [-0.05, 0) is 12.1 Å². The van der Waals surface area contributed by atoms with Crippen LogP contribution >= 0.6 is 0 Å². The zero-order chi connectivity index (χ0) is 13.8. The number of nitrogens with one attached hydrogen (secondary N) is 1. The van der Waals surface area contributed by atoms with Crippen molar-refractivity contribution in [3.05, 3.63) is 29.8 Å². The van der Waals surface area contributed by atoms with Gasteiger partial charge in [0.25, 0.3) is 0 Å². The van der Waals surface area contributed by atoms with Gasteiger partial charge in [0.2, 0.25) is 5.91 Å². The lowest BCUT2D eigenvalue weighted by atomic mass is 10.1. The van der Waals surface area contributed by atoms with Crippen molar-refractivity contribution in [1.29, 1.82) is 0 Å². The molecule has 0 aliphatic carbocycles. The van der Waals surface area contributed by atoms with Gasteiger partial charge in [-0.15, -0.1) is 0 Å². The molecule has 1 aromatic carbocycles. The summed E-state index contributed by atoms with van der Waals surface area (Å²) in [4.78, 5) is 11.3. The Labute approximate surface area is 100 Å². The van der Waals surface area contributed by atoms with Crippen molar-refractivity contribution >= 4 is 17.4 Å². The van der Waals surface area contributed by atoms with Crippen LogP contribution in [0.1, 0.15) is 12.0 Å². The van der Waals surface area contributed by atoms with Crippen molar-refractivity contribution in [1.82, 2.24) is 0 Å². The first-order chi connectivity index (χ1) is 8.34. The number of hydrogen-bond acceptors (Lipinski definition) is 3. The molecule has 0 aliphatic rings. The van der Waals surface area contributed by atoms with Crippen molar-refractivity contribution in [2.24, 2.45) is 10.9 Å². The Morgan fingerprint density at radius 3 is 2.56 bits per heavy atom. The van der Waals surface area contributed by atoms with Crippen LogP contribution in [0.25, 0.3) is 0 Å². The van der Waals surface area contributed by atoms with Crippen molar-refractivity contribution in [3.8, 4) is 0 Å². The fraction of sp³-hybridized carbons (Fsp3) is 0.200. The van der Waals surface area contributed by atoms with Crippen LogP contribution in [0.15, 0.2) is 29.4 Å². The zero-order valence-corrected chi connectivity index (χ0v) is 9.03. The van der Waals surface area contributed by atoms with Gasteiger partial charge in [0, 0.05) is 0 Å². The summed E-state index contributed by atoms with van der Waals surface area (Å²) in [5, 5.41) is 12.8. The summed E-state index contributed by atoms with van der Waals surface area (Å²) in [6, 6.07) is 4.53. The number of hydrogen-bond donors (Lipinski definition) is 3. The molecule has 0 fully saturated rings. The molecule has 18 heavy (non-hydrogen) atoms. The molecule has 1 amide bonds. The van der Waals surface area contributed by atoms with Crippen molar-refractivity contribution in [2.75, 3.05) is 5.32 Å². The van der Waals surface area contributed by atoms with E-state index in [0.29, 0.717) is 0 Å². The SMILES string of the molecule is NC(CC(=O)Nc1ccccc1C(F)(F)F)=NO. The predicted molar refractivity (Wildman–Crippen MR) is 58.1 cm³/mol. The molecule has 0 radical (unpaired) electrons. The van der Waals surface area contributed by atoms with Gasteiger partial charge in [0.05, 0.1) is 17.7 Å². The van der Waals surface area contributed by atoms with E-state index < -0.39 is 29.9 Å². The molecule has 5 nitrogen and oxygen atoms in total. The van der Waals surface area contributed by atoms with E-state index in [9.17, 15) is 18.0 Å². The van der Waals surface area contributed by atoms with Crippen molar-refractivity contribution in [3.63, 3.8) is 0 Å². The van der Waals surface area contributed by atoms with E-state index >= 15 is 0 Å². The molecule has 0 heterocycles. The third-order valence-corrected chi connectivity index (χ3v) is 1.98. The molecule has 4 N–H and O–H groups in total. The third kappa shape index (κ3) is 3.65. The van der Waals surface area contributed by atoms with Gasteiger partial charge >= 0.3 is 6.18 Å². The van der Waals surface area contributed by atoms with E-state index in [-0.39, 0.29) is 5.69 Å². The summed E-state index contributed by atoms with van der Waals surface area (Å²) < 4.78 is 37.8. The highest BCUT2D eigenvalue weighted by molar-refractivity contribution is 6.05. The number of rotatable bonds is 3. The molecule has 0 aromatic heterocycles. The Kier molecular flexibility index (Phi) is 4.13. The van der Waals surface area contributed by atoms with Gasteiger partial charge < -0.3 is 16.3 Å². The van der Waals surface area contributed by atoms with Crippen molar-refractivity contribution in [2.45, 2.75) is 12.6 Å². The van der Waals surface area contributed by atoms with Crippen LogP contribution in [-0.2, 0) is 11.0 Å². The quantitative estimate of drug-likeness (QED) is 0.335. The summed E-state index contributed by atoms with van der Waals surface area (Å²) in [5.74, 6) is -1.20. The predicted octanol–water partition coefficient (Wildman–Crippen LogP) is 1.78. The number of nitrogens with zero attached hydrogens (tertiary/aromatic N) is 1. The average molecular weight is 261 g/mol. The van der Waals surface area contributed by atoms with E-state index in [1.165, 1.54) is 12.1 Å². The molecule has 0 saturated heterocycles. The Morgan fingerprint density at radius 1 is 1.39 bits per heavy atom. The van der Waals surface area contributed by atoms with Crippen LogP contribution in [0.4, 0.5) is 18.9 Å². The number of alkyl halides is 3. The summed E-state index contributed by atoms with van der Waals surface area (Å²) in [5.41, 5.74) is 3.73. The largest absolute Gasteiger partial charge is 0.418 e. The van der Waals surface area contributed by atoms with Crippen molar-refractivity contribution < 1.29 is 23.2 Å². The average Bonchev–Trinajstić information content (AvgIpc) is 2.27. The number of nitrogens with two attached hydrogens (primary N) is 1. The lowest BCUT2D eigenvalue weighted by Gasteiger charge is -2.13. The number of benzene rings is 1. The Hall–Kier alpha value is -2.25. The summed E-state index contributed by atoms with van der Waals surface area (Å²) >= 11 is 0. The number of amidine groups is 1. The van der Waals surface area contributed by atoms with Crippen LogP contribution in [0.5, 0.6) is 0 Å². The van der Waals surface area contributed by atoms with Gasteiger partial charge in [-0.2, -0.15) is 13.2 Å². The normalized spacial score (nSPS) is 12.3. The highest BCUT2D eigenvalue weighted by atomic mass is 19.4. The number of carbonyl (C=O) groups is 1.